The highest BCUT2D eigenvalue weighted by Gasteiger charge is 2.10. The smallest absolute Gasteiger partial charge is 0.0589 e. The van der Waals surface area contributed by atoms with Crippen molar-refractivity contribution in [1.82, 2.24) is 4.90 Å². The van der Waals surface area contributed by atoms with E-state index in [1.807, 2.05) is 6.08 Å². The topological polar surface area (TPSA) is 38.5 Å². The van der Waals surface area contributed by atoms with Crippen LogP contribution in [0.1, 0.15) is 20.3 Å². The Hall–Kier alpha value is -0.380. The van der Waals surface area contributed by atoms with Crippen molar-refractivity contribution in [3.05, 3.63) is 12.7 Å². The van der Waals surface area contributed by atoms with Crippen molar-refractivity contribution >= 4 is 0 Å². The Morgan fingerprint density at radius 2 is 2.13 bits per heavy atom. The number of nitrogens with zero attached hydrogens (tertiary/aromatic N) is 1. The highest BCUT2D eigenvalue weighted by Crippen LogP contribution is 2.04. The van der Waals surface area contributed by atoms with E-state index in [1.54, 1.807) is 7.11 Å². The molecule has 0 aromatic carbocycles. The van der Waals surface area contributed by atoms with Crippen molar-refractivity contribution in [3.63, 3.8) is 0 Å². The normalized spacial score (nSPS) is 13.5. The maximum Gasteiger partial charge on any atom is 0.0589 e. The molecule has 0 aromatic rings. The zero-order valence-electron chi connectivity index (χ0n) is 10.4. The van der Waals surface area contributed by atoms with Gasteiger partial charge in [0.2, 0.25) is 0 Å². The van der Waals surface area contributed by atoms with Crippen LogP contribution in [0, 0.1) is 5.92 Å². The van der Waals surface area contributed by atoms with Gasteiger partial charge in [-0.05, 0) is 12.3 Å². The van der Waals surface area contributed by atoms with Gasteiger partial charge >= 0.3 is 0 Å². The number of nitrogens with two attached hydrogens (primary N) is 1. The number of methoxy groups -OCH3 is 1. The Labute approximate surface area is 94.3 Å². The molecule has 90 valence electrons. The molecule has 0 radical (unpaired) electrons. The van der Waals surface area contributed by atoms with Crippen molar-refractivity contribution in [1.29, 1.82) is 0 Å². The average Bonchev–Trinajstić information content (AvgIpc) is 2.13. The Kier molecular flexibility index (Phi) is 8.67. The average molecular weight is 214 g/mol. The largest absolute Gasteiger partial charge is 0.383 e. The predicted octanol–water partition coefficient (Wildman–Crippen LogP) is 1.49. The molecule has 0 bridgehead atoms. The lowest BCUT2D eigenvalue weighted by Gasteiger charge is -2.24. The molecule has 0 amide bonds. The Morgan fingerprint density at radius 1 is 1.47 bits per heavy atom. The summed E-state index contributed by atoms with van der Waals surface area (Å²) in [6, 6.07) is 0.252. The first-order valence-corrected chi connectivity index (χ1v) is 5.67. The van der Waals surface area contributed by atoms with Crippen LogP contribution >= 0.6 is 0 Å². The fraction of sp³-hybridized carbons (Fsp3) is 0.833. The lowest BCUT2D eigenvalue weighted by molar-refractivity contribution is 0.149. The van der Waals surface area contributed by atoms with Gasteiger partial charge in [0.1, 0.15) is 0 Å². The summed E-state index contributed by atoms with van der Waals surface area (Å²) < 4.78 is 5.06. The van der Waals surface area contributed by atoms with E-state index in [0.29, 0.717) is 5.92 Å². The first-order chi connectivity index (χ1) is 7.10. The molecule has 0 aliphatic carbocycles. The molecule has 1 unspecified atom stereocenters. The molecule has 0 aromatic heterocycles. The Balaban J connectivity index is 3.85. The van der Waals surface area contributed by atoms with Gasteiger partial charge in [-0.25, -0.2) is 0 Å². The summed E-state index contributed by atoms with van der Waals surface area (Å²) in [4.78, 5) is 2.28. The van der Waals surface area contributed by atoms with Crippen LogP contribution in [-0.2, 0) is 4.74 Å². The van der Waals surface area contributed by atoms with E-state index >= 15 is 0 Å². The summed E-state index contributed by atoms with van der Waals surface area (Å²) >= 11 is 0. The maximum atomic E-state index is 6.06. The molecule has 0 aliphatic rings. The molecule has 0 saturated heterocycles. The van der Waals surface area contributed by atoms with E-state index in [0.717, 1.165) is 32.7 Å². The van der Waals surface area contributed by atoms with E-state index in [2.05, 4.69) is 25.3 Å². The molecule has 0 rings (SSSR count). The van der Waals surface area contributed by atoms with Crippen molar-refractivity contribution in [2.45, 2.75) is 26.3 Å². The molecule has 0 spiro atoms. The second-order valence-corrected chi connectivity index (χ2v) is 4.43. The van der Waals surface area contributed by atoms with Crippen LogP contribution in [0.25, 0.3) is 0 Å². The van der Waals surface area contributed by atoms with Gasteiger partial charge in [0, 0.05) is 32.8 Å². The molecule has 0 heterocycles. The molecule has 0 fully saturated rings. The molecule has 15 heavy (non-hydrogen) atoms. The third-order valence-corrected chi connectivity index (χ3v) is 2.27. The van der Waals surface area contributed by atoms with Gasteiger partial charge in [0.15, 0.2) is 0 Å². The van der Waals surface area contributed by atoms with Gasteiger partial charge in [0.25, 0.3) is 0 Å². The first kappa shape index (κ1) is 14.6. The van der Waals surface area contributed by atoms with Gasteiger partial charge in [0.05, 0.1) is 6.61 Å². The molecule has 1 atom stereocenters. The van der Waals surface area contributed by atoms with E-state index in [4.69, 9.17) is 10.5 Å². The second-order valence-electron chi connectivity index (χ2n) is 4.43. The van der Waals surface area contributed by atoms with Crippen LogP contribution in [-0.4, -0.2) is 44.3 Å². The van der Waals surface area contributed by atoms with Crippen molar-refractivity contribution < 1.29 is 4.74 Å². The Morgan fingerprint density at radius 3 is 2.60 bits per heavy atom. The molecular formula is C12H26N2O. The van der Waals surface area contributed by atoms with Gasteiger partial charge in [-0.15, -0.1) is 6.58 Å². The van der Waals surface area contributed by atoms with Gasteiger partial charge in [-0.2, -0.15) is 0 Å². The molecule has 0 saturated carbocycles. The van der Waals surface area contributed by atoms with Crippen LogP contribution in [0.4, 0.5) is 0 Å². The second kappa shape index (κ2) is 8.89. The summed E-state index contributed by atoms with van der Waals surface area (Å²) in [6.07, 6.45) is 2.98. The van der Waals surface area contributed by atoms with Crippen LogP contribution in [0.15, 0.2) is 12.7 Å². The fourth-order valence-corrected chi connectivity index (χ4v) is 1.67. The standard InChI is InChI=1S/C12H26N2O/c1-5-6-14(7-8-15-4)10-12(13)9-11(2)3/h5,11-12H,1,6-10,13H2,2-4H3. The summed E-state index contributed by atoms with van der Waals surface area (Å²) in [5.41, 5.74) is 6.06. The van der Waals surface area contributed by atoms with Crippen molar-refractivity contribution in [2.75, 3.05) is 33.4 Å². The highest BCUT2D eigenvalue weighted by molar-refractivity contribution is 4.77. The predicted molar refractivity (Wildman–Crippen MR) is 65.9 cm³/mol. The minimum Gasteiger partial charge on any atom is -0.383 e. The minimum atomic E-state index is 0.252. The third-order valence-electron chi connectivity index (χ3n) is 2.27. The zero-order chi connectivity index (χ0) is 11.7. The van der Waals surface area contributed by atoms with Crippen LogP contribution in [0.2, 0.25) is 0 Å². The molecule has 0 aliphatic heterocycles. The molecular weight excluding hydrogens is 188 g/mol. The lowest BCUT2D eigenvalue weighted by atomic mass is 10.0. The van der Waals surface area contributed by atoms with Crippen molar-refractivity contribution in [2.24, 2.45) is 11.7 Å². The fourth-order valence-electron chi connectivity index (χ4n) is 1.67. The minimum absolute atomic E-state index is 0.252. The van der Waals surface area contributed by atoms with Gasteiger partial charge in [-0.3, -0.25) is 4.90 Å². The zero-order valence-corrected chi connectivity index (χ0v) is 10.4. The van der Waals surface area contributed by atoms with Gasteiger partial charge in [-0.1, -0.05) is 19.9 Å². The summed E-state index contributed by atoms with van der Waals surface area (Å²) in [7, 11) is 1.72. The quantitative estimate of drug-likeness (QED) is 0.591. The van der Waals surface area contributed by atoms with E-state index in [9.17, 15) is 0 Å². The van der Waals surface area contributed by atoms with Crippen LogP contribution < -0.4 is 5.73 Å². The number of ether oxygens (including phenoxy) is 1. The first-order valence-electron chi connectivity index (χ1n) is 5.67. The molecule has 2 N–H and O–H groups in total. The SMILES string of the molecule is C=CCN(CCOC)CC(N)CC(C)C. The Bertz CT molecular complexity index is 160. The summed E-state index contributed by atoms with van der Waals surface area (Å²) in [5, 5.41) is 0. The van der Waals surface area contributed by atoms with E-state index in [-0.39, 0.29) is 6.04 Å². The maximum absolute atomic E-state index is 6.06. The molecule has 3 nitrogen and oxygen atoms in total. The summed E-state index contributed by atoms with van der Waals surface area (Å²) in [5.74, 6) is 0.660. The van der Waals surface area contributed by atoms with Crippen LogP contribution in [0.3, 0.4) is 0 Å². The lowest BCUT2D eigenvalue weighted by Crippen LogP contribution is -2.39. The number of hydrogen-bond acceptors (Lipinski definition) is 3. The van der Waals surface area contributed by atoms with Gasteiger partial charge < -0.3 is 10.5 Å². The number of hydrogen-bond donors (Lipinski definition) is 1. The van der Waals surface area contributed by atoms with Crippen molar-refractivity contribution in [3.8, 4) is 0 Å². The molecule has 3 heteroatoms. The monoisotopic (exact) mass is 214 g/mol. The number of rotatable bonds is 9. The highest BCUT2D eigenvalue weighted by atomic mass is 16.5. The van der Waals surface area contributed by atoms with E-state index < -0.39 is 0 Å². The summed E-state index contributed by atoms with van der Waals surface area (Å²) in [6.45, 7) is 11.6. The van der Waals surface area contributed by atoms with E-state index in [1.165, 1.54) is 0 Å². The third kappa shape index (κ3) is 8.60. The van der Waals surface area contributed by atoms with Crippen LogP contribution in [0.5, 0.6) is 0 Å².